The average Bonchev–Trinajstić information content (AvgIpc) is 2.76. The highest BCUT2D eigenvalue weighted by molar-refractivity contribution is 7.16. The van der Waals surface area contributed by atoms with Crippen molar-refractivity contribution in [3.05, 3.63) is 57.2 Å². The molecule has 0 aliphatic carbocycles. The van der Waals surface area contributed by atoms with Gasteiger partial charge in [0.05, 0.1) is 9.94 Å². The SMILES string of the molecule is CCCC(O)(Cc1ccc(Cl)s1)c1ccccc1. The van der Waals surface area contributed by atoms with Crippen molar-refractivity contribution in [2.45, 2.75) is 31.8 Å². The van der Waals surface area contributed by atoms with E-state index in [1.54, 1.807) is 11.3 Å². The van der Waals surface area contributed by atoms with E-state index in [0.29, 0.717) is 6.42 Å². The Morgan fingerprint density at radius 3 is 2.44 bits per heavy atom. The second kappa shape index (κ2) is 5.87. The molecule has 0 saturated heterocycles. The van der Waals surface area contributed by atoms with Gasteiger partial charge in [-0.2, -0.15) is 0 Å². The van der Waals surface area contributed by atoms with Crippen LogP contribution in [0.4, 0.5) is 0 Å². The third-order valence-corrected chi connectivity index (χ3v) is 4.30. The molecule has 1 nitrogen and oxygen atoms in total. The van der Waals surface area contributed by atoms with Gasteiger partial charge in [0, 0.05) is 11.3 Å². The average molecular weight is 281 g/mol. The van der Waals surface area contributed by atoms with E-state index in [1.165, 1.54) is 0 Å². The van der Waals surface area contributed by atoms with Crippen molar-refractivity contribution in [3.63, 3.8) is 0 Å². The van der Waals surface area contributed by atoms with Crippen molar-refractivity contribution in [2.24, 2.45) is 0 Å². The lowest BCUT2D eigenvalue weighted by atomic mass is 9.86. The van der Waals surface area contributed by atoms with Gasteiger partial charge < -0.3 is 5.11 Å². The molecule has 0 aliphatic heterocycles. The summed E-state index contributed by atoms with van der Waals surface area (Å²) in [4.78, 5) is 1.12. The van der Waals surface area contributed by atoms with Crippen molar-refractivity contribution < 1.29 is 5.11 Å². The van der Waals surface area contributed by atoms with Crippen LogP contribution in [0, 0.1) is 0 Å². The van der Waals surface area contributed by atoms with Gasteiger partial charge in [-0.25, -0.2) is 0 Å². The molecular weight excluding hydrogens is 264 g/mol. The van der Waals surface area contributed by atoms with E-state index in [2.05, 4.69) is 6.92 Å². The van der Waals surface area contributed by atoms with Gasteiger partial charge in [-0.3, -0.25) is 0 Å². The topological polar surface area (TPSA) is 20.2 Å². The molecule has 0 amide bonds. The molecular formula is C15H17ClOS. The second-order valence-electron chi connectivity index (χ2n) is 4.53. The van der Waals surface area contributed by atoms with E-state index in [9.17, 15) is 5.11 Å². The van der Waals surface area contributed by atoms with E-state index in [0.717, 1.165) is 27.6 Å². The van der Waals surface area contributed by atoms with Crippen LogP contribution < -0.4 is 0 Å². The van der Waals surface area contributed by atoms with Crippen molar-refractivity contribution in [1.29, 1.82) is 0 Å². The van der Waals surface area contributed by atoms with Crippen LogP contribution >= 0.6 is 22.9 Å². The maximum absolute atomic E-state index is 10.9. The Bertz CT molecular complexity index is 494. The van der Waals surface area contributed by atoms with Gasteiger partial charge in [0.15, 0.2) is 0 Å². The lowest BCUT2D eigenvalue weighted by Gasteiger charge is -2.28. The first-order valence-corrected chi connectivity index (χ1v) is 7.35. The van der Waals surface area contributed by atoms with Gasteiger partial charge in [0.2, 0.25) is 0 Å². The summed E-state index contributed by atoms with van der Waals surface area (Å²) in [5, 5.41) is 10.9. The highest BCUT2D eigenvalue weighted by Crippen LogP contribution is 2.33. The molecule has 1 unspecified atom stereocenters. The fraction of sp³-hybridized carbons (Fsp3) is 0.333. The maximum atomic E-state index is 10.9. The van der Waals surface area contributed by atoms with Crippen LogP contribution in [0.1, 0.15) is 30.2 Å². The summed E-state index contributed by atoms with van der Waals surface area (Å²) in [5.74, 6) is 0. The zero-order chi connectivity index (χ0) is 13.0. The summed E-state index contributed by atoms with van der Waals surface area (Å²) >= 11 is 7.49. The first-order valence-electron chi connectivity index (χ1n) is 6.16. The zero-order valence-electron chi connectivity index (χ0n) is 10.4. The van der Waals surface area contributed by atoms with Crippen molar-refractivity contribution in [3.8, 4) is 0 Å². The molecule has 2 aromatic rings. The zero-order valence-corrected chi connectivity index (χ0v) is 12.0. The fourth-order valence-corrected chi connectivity index (χ4v) is 3.43. The predicted octanol–water partition coefficient (Wildman–Crippen LogP) is 4.63. The lowest BCUT2D eigenvalue weighted by Crippen LogP contribution is -2.28. The van der Waals surface area contributed by atoms with Crippen LogP contribution in [-0.4, -0.2) is 5.11 Å². The summed E-state index contributed by atoms with van der Waals surface area (Å²) < 4.78 is 0.775. The minimum Gasteiger partial charge on any atom is -0.385 e. The third kappa shape index (κ3) is 3.14. The molecule has 0 aliphatic rings. The highest BCUT2D eigenvalue weighted by atomic mass is 35.5. The van der Waals surface area contributed by atoms with Gasteiger partial charge in [0.25, 0.3) is 0 Å². The van der Waals surface area contributed by atoms with Crippen LogP contribution in [0.5, 0.6) is 0 Å². The quantitative estimate of drug-likeness (QED) is 0.846. The first-order chi connectivity index (χ1) is 8.64. The van der Waals surface area contributed by atoms with Crippen LogP contribution in [0.25, 0.3) is 0 Å². The molecule has 1 atom stereocenters. The summed E-state index contributed by atoms with van der Waals surface area (Å²) in [6, 6.07) is 13.8. The van der Waals surface area contributed by atoms with Crippen molar-refractivity contribution >= 4 is 22.9 Å². The van der Waals surface area contributed by atoms with E-state index in [-0.39, 0.29) is 0 Å². The Hall–Kier alpha value is -0.830. The van der Waals surface area contributed by atoms with E-state index in [1.807, 2.05) is 42.5 Å². The van der Waals surface area contributed by atoms with Crippen molar-refractivity contribution in [1.82, 2.24) is 0 Å². The number of rotatable bonds is 5. The molecule has 3 heteroatoms. The predicted molar refractivity (Wildman–Crippen MR) is 78.3 cm³/mol. The lowest BCUT2D eigenvalue weighted by molar-refractivity contribution is 0.0277. The Morgan fingerprint density at radius 2 is 1.89 bits per heavy atom. The monoisotopic (exact) mass is 280 g/mol. The summed E-state index contributed by atoms with van der Waals surface area (Å²) in [6.07, 6.45) is 2.33. The van der Waals surface area contributed by atoms with E-state index < -0.39 is 5.60 Å². The fourth-order valence-electron chi connectivity index (χ4n) is 2.23. The maximum Gasteiger partial charge on any atom is 0.0944 e. The molecule has 1 aromatic carbocycles. The Balaban J connectivity index is 2.26. The van der Waals surface area contributed by atoms with Gasteiger partial charge in [0.1, 0.15) is 0 Å². The van der Waals surface area contributed by atoms with Crippen molar-refractivity contribution in [2.75, 3.05) is 0 Å². The summed E-state index contributed by atoms with van der Waals surface area (Å²) in [7, 11) is 0. The van der Waals surface area contributed by atoms with E-state index in [4.69, 9.17) is 11.6 Å². The second-order valence-corrected chi connectivity index (χ2v) is 6.33. The molecule has 1 heterocycles. The number of hydrogen-bond donors (Lipinski definition) is 1. The number of aliphatic hydroxyl groups is 1. The Kier molecular flexibility index (Phi) is 4.44. The van der Waals surface area contributed by atoms with Crippen LogP contribution in [0.15, 0.2) is 42.5 Å². The van der Waals surface area contributed by atoms with Gasteiger partial charge in [-0.1, -0.05) is 55.3 Å². The summed E-state index contributed by atoms with van der Waals surface area (Å²) in [6.45, 7) is 2.09. The Labute approximate surface area is 117 Å². The Morgan fingerprint density at radius 1 is 1.17 bits per heavy atom. The third-order valence-electron chi connectivity index (χ3n) is 3.07. The van der Waals surface area contributed by atoms with E-state index >= 15 is 0 Å². The molecule has 1 aromatic heterocycles. The number of thiophene rings is 1. The minimum atomic E-state index is -0.788. The van der Waals surface area contributed by atoms with Gasteiger partial charge >= 0.3 is 0 Å². The molecule has 0 saturated carbocycles. The molecule has 1 N–H and O–H groups in total. The largest absolute Gasteiger partial charge is 0.385 e. The number of halogens is 1. The molecule has 18 heavy (non-hydrogen) atoms. The van der Waals surface area contributed by atoms with Crippen LogP contribution in [0.3, 0.4) is 0 Å². The number of benzene rings is 1. The smallest absolute Gasteiger partial charge is 0.0944 e. The molecule has 2 rings (SSSR count). The standard InChI is InChI=1S/C15H17ClOS/c1-2-10-15(17,12-6-4-3-5-7-12)11-13-8-9-14(16)18-13/h3-9,17H,2,10-11H2,1H3. The highest BCUT2D eigenvalue weighted by Gasteiger charge is 2.28. The van der Waals surface area contributed by atoms with Crippen LogP contribution in [0.2, 0.25) is 4.34 Å². The number of hydrogen-bond acceptors (Lipinski definition) is 2. The van der Waals surface area contributed by atoms with Crippen LogP contribution in [-0.2, 0) is 12.0 Å². The summed E-state index contributed by atoms with van der Waals surface area (Å²) in [5.41, 5.74) is 0.195. The van der Waals surface area contributed by atoms with Gasteiger partial charge in [-0.05, 0) is 24.1 Å². The molecule has 0 bridgehead atoms. The molecule has 96 valence electrons. The van der Waals surface area contributed by atoms with Gasteiger partial charge in [-0.15, -0.1) is 11.3 Å². The minimum absolute atomic E-state index is 0.627. The first kappa shape index (κ1) is 13.6. The molecule has 0 radical (unpaired) electrons. The molecule has 0 spiro atoms. The normalized spacial score (nSPS) is 14.4. The molecule has 0 fully saturated rings.